The number of likely N-dealkylation sites (tertiary alicyclic amines) is 1. The number of methoxy groups -OCH3 is 1. The maximum atomic E-state index is 13.3. The Morgan fingerprint density at radius 3 is 2.71 bits per heavy atom. The Labute approximate surface area is 221 Å². The molecule has 6 nitrogen and oxygen atoms in total. The average Bonchev–Trinajstić information content (AvgIpc) is 3.36. The SMILES string of the molecule is CNC[C@H](CC1CCCC1)NC(=O)N1CCC[C@@H]([C@@](O)(CCCCOC)c2cccc(Cl)c2Cl)C1. The van der Waals surface area contributed by atoms with Crippen LogP contribution in [0.2, 0.25) is 10.0 Å². The number of halogens is 2. The number of aliphatic hydroxyl groups is 1. The fourth-order valence-electron chi connectivity index (χ4n) is 5.94. The first kappa shape index (κ1) is 28.5. The lowest BCUT2D eigenvalue weighted by molar-refractivity contribution is -0.0563. The normalized spacial score (nSPS) is 21.6. The number of benzene rings is 1. The molecule has 3 N–H and O–H groups in total. The van der Waals surface area contributed by atoms with Crippen molar-refractivity contribution in [2.45, 2.75) is 75.9 Å². The molecule has 3 rings (SSSR count). The van der Waals surface area contributed by atoms with Gasteiger partial charge in [-0.15, -0.1) is 0 Å². The van der Waals surface area contributed by atoms with Gasteiger partial charge in [0.2, 0.25) is 0 Å². The molecule has 1 saturated heterocycles. The minimum Gasteiger partial charge on any atom is -0.385 e. The Bertz CT molecular complexity index is 806. The smallest absolute Gasteiger partial charge is 0.317 e. The lowest BCUT2D eigenvalue weighted by Crippen LogP contribution is -2.54. The highest BCUT2D eigenvalue weighted by atomic mass is 35.5. The van der Waals surface area contributed by atoms with Crippen LogP contribution >= 0.6 is 23.2 Å². The first-order valence-electron chi connectivity index (χ1n) is 13.2. The largest absolute Gasteiger partial charge is 0.385 e. The standard InChI is InChI=1S/C27H43Cl2N3O3/c1-30-18-22(17-20-9-3-4-10-20)31-26(33)32-15-8-11-21(19-32)27(34,14-5-6-16-35-2)23-12-7-13-24(28)25(23)29/h7,12-13,20-22,30,34H,3-6,8-11,14-19H2,1-2H3,(H,31,33)/t21-,22+,27+/m1/s1. The van der Waals surface area contributed by atoms with Crippen molar-refractivity contribution in [3.8, 4) is 0 Å². The summed E-state index contributed by atoms with van der Waals surface area (Å²) in [5.41, 5.74) is -0.506. The molecule has 1 aliphatic carbocycles. The molecule has 1 saturated carbocycles. The van der Waals surface area contributed by atoms with E-state index in [9.17, 15) is 9.90 Å². The van der Waals surface area contributed by atoms with Gasteiger partial charge in [0, 0.05) is 50.9 Å². The van der Waals surface area contributed by atoms with Crippen LogP contribution < -0.4 is 10.6 Å². The van der Waals surface area contributed by atoms with Gasteiger partial charge < -0.3 is 25.4 Å². The van der Waals surface area contributed by atoms with Gasteiger partial charge in [-0.05, 0) is 57.6 Å². The van der Waals surface area contributed by atoms with Crippen molar-refractivity contribution in [1.29, 1.82) is 0 Å². The van der Waals surface area contributed by atoms with Gasteiger partial charge in [0.1, 0.15) is 0 Å². The van der Waals surface area contributed by atoms with Gasteiger partial charge in [-0.2, -0.15) is 0 Å². The van der Waals surface area contributed by atoms with E-state index >= 15 is 0 Å². The molecule has 35 heavy (non-hydrogen) atoms. The second kappa shape index (κ2) is 14.0. The van der Waals surface area contributed by atoms with E-state index < -0.39 is 5.60 Å². The highest BCUT2D eigenvalue weighted by molar-refractivity contribution is 6.42. The zero-order valence-corrected chi connectivity index (χ0v) is 22.8. The number of piperidine rings is 1. The number of unbranched alkanes of at least 4 members (excludes halogenated alkanes) is 1. The van der Waals surface area contributed by atoms with Crippen LogP contribution in [0.5, 0.6) is 0 Å². The highest BCUT2D eigenvalue weighted by Gasteiger charge is 2.42. The monoisotopic (exact) mass is 527 g/mol. The third-order valence-electron chi connectivity index (χ3n) is 7.83. The number of amides is 2. The summed E-state index contributed by atoms with van der Waals surface area (Å²) < 4.78 is 5.21. The molecule has 1 aromatic carbocycles. The fraction of sp³-hybridized carbons (Fsp3) is 0.741. The number of likely N-dealkylation sites (N-methyl/N-ethyl adjacent to an activating group) is 1. The quantitative estimate of drug-likeness (QED) is 0.310. The van der Waals surface area contributed by atoms with Gasteiger partial charge >= 0.3 is 6.03 Å². The topological polar surface area (TPSA) is 73.8 Å². The van der Waals surface area contributed by atoms with Gasteiger partial charge in [0.25, 0.3) is 0 Å². The van der Waals surface area contributed by atoms with Crippen LogP contribution in [0.25, 0.3) is 0 Å². The summed E-state index contributed by atoms with van der Waals surface area (Å²) in [6, 6.07) is 5.53. The van der Waals surface area contributed by atoms with Gasteiger partial charge in [-0.3, -0.25) is 0 Å². The summed E-state index contributed by atoms with van der Waals surface area (Å²) in [5.74, 6) is 0.572. The number of hydrogen-bond acceptors (Lipinski definition) is 4. The van der Waals surface area contributed by atoms with Crippen LogP contribution in [0.4, 0.5) is 4.79 Å². The summed E-state index contributed by atoms with van der Waals surface area (Å²) in [6.07, 6.45) is 10.00. The molecule has 1 aliphatic heterocycles. The van der Waals surface area contributed by atoms with Crippen molar-refractivity contribution in [3.05, 3.63) is 33.8 Å². The maximum absolute atomic E-state index is 13.3. The Morgan fingerprint density at radius 2 is 2.00 bits per heavy atom. The lowest BCUT2D eigenvalue weighted by Gasteiger charge is -2.43. The third kappa shape index (κ3) is 7.72. The number of rotatable bonds is 12. The van der Waals surface area contributed by atoms with Crippen LogP contribution in [0.15, 0.2) is 18.2 Å². The molecule has 0 bridgehead atoms. The minimum atomic E-state index is -1.16. The number of urea groups is 1. The summed E-state index contributed by atoms with van der Waals surface area (Å²) >= 11 is 12.9. The molecule has 2 amide bonds. The molecular weight excluding hydrogens is 485 g/mol. The summed E-state index contributed by atoms with van der Waals surface area (Å²) in [4.78, 5) is 15.2. The zero-order valence-electron chi connectivity index (χ0n) is 21.3. The van der Waals surface area contributed by atoms with Crippen LogP contribution in [0.1, 0.15) is 69.8 Å². The zero-order chi connectivity index (χ0) is 25.3. The van der Waals surface area contributed by atoms with Crippen molar-refractivity contribution >= 4 is 29.2 Å². The number of carbonyl (C=O) groups excluding carboxylic acids is 1. The predicted octanol–water partition coefficient (Wildman–Crippen LogP) is 5.59. The van der Waals surface area contributed by atoms with E-state index in [0.717, 1.165) is 38.6 Å². The molecule has 0 radical (unpaired) electrons. The van der Waals surface area contributed by atoms with E-state index in [1.54, 1.807) is 13.2 Å². The molecule has 0 unspecified atom stereocenters. The second-order valence-electron chi connectivity index (χ2n) is 10.4. The third-order valence-corrected chi connectivity index (χ3v) is 8.65. The Balaban J connectivity index is 1.73. The van der Waals surface area contributed by atoms with E-state index in [-0.39, 0.29) is 18.0 Å². The van der Waals surface area contributed by atoms with E-state index in [4.69, 9.17) is 27.9 Å². The number of carbonyl (C=O) groups is 1. The van der Waals surface area contributed by atoms with Gasteiger partial charge in [0.15, 0.2) is 0 Å². The summed E-state index contributed by atoms with van der Waals surface area (Å²) in [5, 5.41) is 19.5. The fourth-order valence-corrected chi connectivity index (χ4v) is 6.41. The minimum absolute atomic E-state index is 0.0353. The van der Waals surface area contributed by atoms with Crippen molar-refractivity contribution in [1.82, 2.24) is 15.5 Å². The molecule has 3 atom stereocenters. The predicted molar refractivity (Wildman–Crippen MR) is 143 cm³/mol. The van der Waals surface area contributed by atoms with Crippen molar-refractivity contribution in [2.24, 2.45) is 11.8 Å². The van der Waals surface area contributed by atoms with Crippen LogP contribution in [-0.4, -0.2) is 62.5 Å². The molecule has 2 aliphatic rings. The van der Waals surface area contributed by atoms with Gasteiger partial charge in [-0.1, -0.05) is 61.0 Å². The van der Waals surface area contributed by atoms with Crippen molar-refractivity contribution < 1.29 is 14.6 Å². The number of nitrogens with one attached hydrogen (secondary N) is 2. The lowest BCUT2D eigenvalue weighted by atomic mass is 9.74. The molecule has 1 aromatic rings. The average molecular weight is 529 g/mol. The van der Waals surface area contributed by atoms with E-state index in [1.165, 1.54) is 25.7 Å². The molecule has 1 heterocycles. The van der Waals surface area contributed by atoms with E-state index in [1.807, 2.05) is 24.1 Å². The van der Waals surface area contributed by atoms with E-state index in [0.29, 0.717) is 47.6 Å². The Kier molecular flexibility index (Phi) is 11.4. The number of hydrogen-bond donors (Lipinski definition) is 3. The molecule has 8 heteroatoms. The van der Waals surface area contributed by atoms with Crippen molar-refractivity contribution in [3.63, 3.8) is 0 Å². The van der Waals surface area contributed by atoms with Crippen LogP contribution in [0, 0.1) is 11.8 Å². The van der Waals surface area contributed by atoms with Gasteiger partial charge in [0.05, 0.1) is 15.6 Å². The van der Waals surface area contributed by atoms with Crippen molar-refractivity contribution in [2.75, 3.05) is 40.4 Å². The van der Waals surface area contributed by atoms with Gasteiger partial charge in [-0.25, -0.2) is 4.79 Å². The first-order chi connectivity index (χ1) is 16.9. The van der Waals surface area contributed by atoms with E-state index in [2.05, 4.69) is 10.6 Å². The number of nitrogens with zero attached hydrogens (tertiary/aromatic N) is 1. The maximum Gasteiger partial charge on any atom is 0.317 e. The second-order valence-corrected chi connectivity index (χ2v) is 11.1. The molecular formula is C27H43Cl2N3O3. The summed E-state index contributed by atoms with van der Waals surface area (Å²) in [7, 11) is 3.62. The Morgan fingerprint density at radius 1 is 1.23 bits per heavy atom. The summed E-state index contributed by atoms with van der Waals surface area (Å²) in [6.45, 7) is 2.60. The molecule has 198 valence electrons. The molecule has 0 spiro atoms. The number of ether oxygens (including phenoxy) is 1. The first-order valence-corrected chi connectivity index (χ1v) is 14.0. The van der Waals surface area contributed by atoms with Crippen LogP contribution in [-0.2, 0) is 10.3 Å². The Hall–Kier alpha value is -1.05. The van der Waals surface area contributed by atoms with Crippen LogP contribution in [0.3, 0.4) is 0 Å². The molecule has 0 aromatic heterocycles. The highest BCUT2D eigenvalue weighted by Crippen LogP contribution is 2.44. The molecule has 2 fully saturated rings.